The van der Waals surface area contributed by atoms with Crippen LogP contribution in [0.2, 0.25) is 0 Å². The van der Waals surface area contributed by atoms with Crippen LogP contribution in [0.25, 0.3) is 0 Å². The smallest absolute Gasteiger partial charge is 0.152 e. The fourth-order valence-corrected chi connectivity index (χ4v) is 2.65. The first-order valence-electron chi connectivity index (χ1n) is 6.62. The van der Waals surface area contributed by atoms with Crippen molar-refractivity contribution in [2.24, 2.45) is 5.92 Å². The Morgan fingerprint density at radius 1 is 1.16 bits per heavy atom. The molecule has 1 saturated carbocycles. The number of aliphatic hydroxyl groups excluding tert-OH is 1. The number of benzene rings is 1. The molecule has 0 heterocycles. The predicted octanol–water partition coefficient (Wildman–Crippen LogP) is 3.46. The van der Waals surface area contributed by atoms with Crippen molar-refractivity contribution in [1.29, 1.82) is 0 Å². The number of halogens is 3. The fourth-order valence-electron chi connectivity index (χ4n) is 2.65. The molecule has 1 aromatic carbocycles. The van der Waals surface area contributed by atoms with Gasteiger partial charge in [0.15, 0.2) is 11.6 Å². The topological polar surface area (TPSA) is 32.3 Å². The van der Waals surface area contributed by atoms with Crippen LogP contribution in [0.15, 0.2) is 12.1 Å². The molecule has 0 saturated heterocycles. The van der Waals surface area contributed by atoms with Crippen molar-refractivity contribution >= 4 is 5.69 Å². The van der Waals surface area contributed by atoms with Crippen molar-refractivity contribution in [3.05, 3.63) is 29.6 Å². The van der Waals surface area contributed by atoms with Crippen molar-refractivity contribution in [2.45, 2.75) is 38.2 Å². The van der Waals surface area contributed by atoms with E-state index in [1.165, 1.54) is 12.8 Å². The Hall–Kier alpha value is -1.23. The van der Waals surface area contributed by atoms with Crippen molar-refractivity contribution in [2.75, 3.05) is 11.9 Å². The third-order valence-corrected chi connectivity index (χ3v) is 3.60. The second-order valence-corrected chi connectivity index (χ2v) is 5.17. The molecule has 1 fully saturated rings. The number of hydrogen-bond acceptors (Lipinski definition) is 2. The van der Waals surface area contributed by atoms with E-state index in [2.05, 4.69) is 5.32 Å². The second-order valence-electron chi connectivity index (χ2n) is 5.17. The summed E-state index contributed by atoms with van der Waals surface area (Å²) in [6.45, 7) is 0.0654. The molecule has 5 heteroatoms. The number of nitrogens with one attached hydrogen (secondary N) is 1. The molecule has 1 aliphatic rings. The van der Waals surface area contributed by atoms with Gasteiger partial charge in [0.1, 0.15) is 11.5 Å². The largest absolute Gasteiger partial charge is 0.391 e. The second kappa shape index (κ2) is 6.28. The van der Waals surface area contributed by atoms with E-state index in [9.17, 15) is 18.3 Å². The molecule has 2 rings (SSSR count). The standard InChI is InChI=1S/C14H18F3NO/c15-10-6-12(16)14(13(17)7-10)18-8-11(19)5-9-3-1-2-4-9/h6-7,9,11,18-19H,1-5,8H2. The highest BCUT2D eigenvalue weighted by Crippen LogP contribution is 2.28. The van der Waals surface area contributed by atoms with Crippen molar-refractivity contribution in [3.8, 4) is 0 Å². The van der Waals surface area contributed by atoms with Crippen LogP contribution < -0.4 is 5.32 Å². The molecule has 1 atom stereocenters. The van der Waals surface area contributed by atoms with Gasteiger partial charge in [0.25, 0.3) is 0 Å². The number of hydrogen-bond donors (Lipinski definition) is 2. The Bertz CT molecular complexity index is 410. The van der Waals surface area contributed by atoms with Crippen LogP contribution in [-0.2, 0) is 0 Å². The van der Waals surface area contributed by atoms with E-state index in [0.29, 0.717) is 24.5 Å². The lowest BCUT2D eigenvalue weighted by Gasteiger charge is -2.17. The van der Waals surface area contributed by atoms with Crippen LogP contribution in [0, 0.1) is 23.4 Å². The van der Waals surface area contributed by atoms with Crippen LogP contribution in [0.3, 0.4) is 0 Å². The maximum Gasteiger partial charge on any atom is 0.152 e. The minimum absolute atomic E-state index is 0.0654. The monoisotopic (exact) mass is 273 g/mol. The third-order valence-electron chi connectivity index (χ3n) is 3.60. The van der Waals surface area contributed by atoms with E-state index >= 15 is 0 Å². The van der Waals surface area contributed by atoms with Gasteiger partial charge in [0, 0.05) is 18.7 Å². The Morgan fingerprint density at radius 2 is 1.74 bits per heavy atom. The summed E-state index contributed by atoms with van der Waals surface area (Å²) in [5, 5.41) is 12.3. The summed E-state index contributed by atoms with van der Waals surface area (Å²) in [7, 11) is 0. The van der Waals surface area contributed by atoms with Gasteiger partial charge in [-0.05, 0) is 12.3 Å². The summed E-state index contributed by atoms with van der Waals surface area (Å²) in [5.41, 5.74) is -0.383. The predicted molar refractivity (Wildman–Crippen MR) is 67.4 cm³/mol. The molecular formula is C14H18F3NO. The van der Waals surface area contributed by atoms with Crippen LogP contribution in [-0.4, -0.2) is 17.8 Å². The van der Waals surface area contributed by atoms with Crippen molar-refractivity contribution in [3.63, 3.8) is 0 Å². The molecule has 0 radical (unpaired) electrons. The van der Waals surface area contributed by atoms with E-state index < -0.39 is 23.6 Å². The Balaban J connectivity index is 1.87. The molecule has 1 unspecified atom stereocenters. The van der Waals surface area contributed by atoms with Crippen molar-refractivity contribution < 1.29 is 18.3 Å². The van der Waals surface area contributed by atoms with E-state index in [0.717, 1.165) is 12.8 Å². The third kappa shape index (κ3) is 3.86. The average molecular weight is 273 g/mol. The minimum Gasteiger partial charge on any atom is -0.391 e. The zero-order valence-electron chi connectivity index (χ0n) is 10.6. The molecular weight excluding hydrogens is 255 g/mol. The lowest BCUT2D eigenvalue weighted by atomic mass is 10.00. The zero-order valence-corrected chi connectivity index (χ0v) is 10.6. The Morgan fingerprint density at radius 3 is 2.32 bits per heavy atom. The molecule has 106 valence electrons. The maximum atomic E-state index is 13.3. The van der Waals surface area contributed by atoms with E-state index in [1.54, 1.807) is 0 Å². The fraction of sp³-hybridized carbons (Fsp3) is 0.571. The van der Waals surface area contributed by atoms with Gasteiger partial charge in [-0.3, -0.25) is 0 Å². The SMILES string of the molecule is OC(CNc1c(F)cc(F)cc1F)CC1CCCC1. The highest BCUT2D eigenvalue weighted by molar-refractivity contribution is 5.46. The molecule has 2 nitrogen and oxygen atoms in total. The van der Waals surface area contributed by atoms with Crippen LogP contribution in [0.1, 0.15) is 32.1 Å². The maximum absolute atomic E-state index is 13.3. The molecule has 1 aliphatic carbocycles. The minimum atomic E-state index is -0.981. The summed E-state index contributed by atoms with van der Waals surface area (Å²) < 4.78 is 39.4. The first-order chi connectivity index (χ1) is 9.06. The number of aliphatic hydroxyl groups is 1. The van der Waals surface area contributed by atoms with Gasteiger partial charge in [0.05, 0.1) is 6.10 Å². The average Bonchev–Trinajstić information content (AvgIpc) is 2.80. The van der Waals surface area contributed by atoms with Crippen LogP contribution >= 0.6 is 0 Å². The molecule has 0 bridgehead atoms. The van der Waals surface area contributed by atoms with Crippen molar-refractivity contribution in [1.82, 2.24) is 0 Å². The van der Waals surface area contributed by atoms with Gasteiger partial charge in [-0.2, -0.15) is 0 Å². The summed E-state index contributed by atoms with van der Waals surface area (Å²) in [6.07, 6.45) is 4.58. The van der Waals surface area contributed by atoms with Gasteiger partial charge in [-0.25, -0.2) is 13.2 Å². The normalized spacial score (nSPS) is 17.7. The summed E-state index contributed by atoms with van der Waals surface area (Å²) in [6, 6.07) is 1.24. The molecule has 0 aromatic heterocycles. The van der Waals surface area contributed by atoms with Gasteiger partial charge in [-0.1, -0.05) is 25.7 Å². The molecule has 0 aliphatic heterocycles. The highest BCUT2D eigenvalue weighted by Gasteiger charge is 2.19. The lowest BCUT2D eigenvalue weighted by molar-refractivity contribution is 0.154. The highest BCUT2D eigenvalue weighted by atomic mass is 19.1. The molecule has 1 aromatic rings. The Labute approximate surface area is 110 Å². The summed E-state index contributed by atoms with van der Waals surface area (Å²) in [5.74, 6) is -2.41. The van der Waals surface area contributed by atoms with Crippen LogP contribution in [0.5, 0.6) is 0 Å². The zero-order chi connectivity index (χ0) is 13.8. The molecule has 2 N–H and O–H groups in total. The van der Waals surface area contributed by atoms with Gasteiger partial charge < -0.3 is 10.4 Å². The lowest BCUT2D eigenvalue weighted by Crippen LogP contribution is -2.23. The first-order valence-corrected chi connectivity index (χ1v) is 6.62. The van der Waals surface area contributed by atoms with Gasteiger partial charge in [-0.15, -0.1) is 0 Å². The number of anilines is 1. The van der Waals surface area contributed by atoms with E-state index in [-0.39, 0.29) is 12.2 Å². The number of rotatable bonds is 5. The summed E-state index contributed by atoms with van der Waals surface area (Å²) in [4.78, 5) is 0. The van der Waals surface area contributed by atoms with E-state index in [1.807, 2.05) is 0 Å². The summed E-state index contributed by atoms with van der Waals surface area (Å²) >= 11 is 0. The van der Waals surface area contributed by atoms with E-state index in [4.69, 9.17) is 0 Å². The van der Waals surface area contributed by atoms with Gasteiger partial charge >= 0.3 is 0 Å². The quantitative estimate of drug-likeness (QED) is 0.861. The Kier molecular flexibility index (Phi) is 4.69. The molecule has 0 amide bonds. The molecule has 0 spiro atoms. The van der Waals surface area contributed by atoms with Crippen LogP contribution in [0.4, 0.5) is 18.9 Å². The molecule has 19 heavy (non-hydrogen) atoms. The first kappa shape index (κ1) is 14.2. The van der Waals surface area contributed by atoms with Gasteiger partial charge in [0.2, 0.25) is 0 Å².